The lowest BCUT2D eigenvalue weighted by molar-refractivity contribution is 0.115. The summed E-state index contributed by atoms with van der Waals surface area (Å²) in [5.41, 5.74) is 1.38. The number of hydrogen-bond acceptors (Lipinski definition) is 9. The summed E-state index contributed by atoms with van der Waals surface area (Å²) in [6.45, 7) is 10.5. The molecule has 0 bridgehead atoms. The highest BCUT2D eigenvalue weighted by atomic mass is 32.2. The monoisotopic (exact) mass is 558 g/mol. The average molecular weight is 559 g/mol. The van der Waals surface area contributed by atoms with Gasteiger partial charge in [-0.05, 0) is 82.9 Å². The fourth-order valence-electron chi connectivity index (χ4n) is 6.24. The minimum atomic E-state index is -3.67. The zero-order chi connectivity index (χ0) is 27.6. The number of benzene rings is 1. The Hall–Kier alpha value is -2.47. The highest BCUT2D eigenvalue weighted by Gasteiger charge is 2.37. The van der Waals surface area contributed by atoms with Crippen molar-refractivity contribution < 1.29 is 17.9 Å². The third kappa shape index (κ3) is 6.16. The van der Waals surface area contributed by atoms with Gasteiger partial charge in [-0.3, -0.25) is 4.90 Å². The normalized spacial score (nSPS) is 22.4. The Labute approximate surface area is 233 Å². The second-order valence-corrected chi connectivity index (χ2v) is 12.9. The van der Waals surface area contributed by atoms with Gasteiger partial charge >= 0.3 is 0 Å². The second kappa shape index (κ2) is 12.0. The summed E-state index contributed by atoms with van der Waals surface area (Å²) >= 11 is 0. The van der Waals surface area contributed by atoms with E-state index < -0.39 is 10.0 Å². The lowest BCUT2D eigenvalue weighted by Gasteiger charge is -2.42. The molecule has 4 heterocycles. The number of sulfonamides is 1. The molecule has 39 heavy (non-hydrogen) atoms. The molecule has 0 N–H and O–H groups in total. The molecule has 3 aliphatic rings. The van der Waals surface area contributed by atoms with E-state index in [1.807, 2.05) is 13.8 Å². The molecule has 0 spiro atoms. The van der Waals surface area contributed by atoms with Gasteiger partial charge < -0.3 is 19.3 Å². The lowest BCUT2D eigenvalue weighted by atomic mass is 10.0. The Morgan fingerprint density at radius 3 is 2.33 bits per heavy atom. The Kier molecular flexibility index (Phi) is 8.60. The Morgan fingerprint density at radius 1 is 0.974 bits per heavy atom. The molecule has 0 aliphatic carbocycles. The maximum absolute atomic E-state index is 13.7. The summed E-state index contributed by atoms with van der Waals surface area (Å²) in [6, 6.07) is 5.74. The van der Waals surface area contributed by atoms with Crippen LogP contribution in [0.3, 0.4) is 0 Å². The molecule has 3 fully saturated rings. The fraction of sp³-hybridized carbons (Fsp3) is 0.643. The van der Waals surface area contributed by atoms with E-state index in [2.05, 4.69) is 31.7 Å². The van der Waals surface area contributed by atoms with Crippen LogP contribution in [0.5, 0.6) is 11.6 Å². The van der Waals surface area contributed by atoms with Gasteiger partial charge in [-0.1, -0.05) is 0 Å². The van der Waals surface area contributed by atoms with Crippen LogP contribution in [0.15, 0.2) is 29.3 Å². The van der Waals surface area contributed by atoms with E-state index in [4.69, 9.17) is 9.47 Å². The molecule has 0 radical (unpaired) electrons. The smallest absolute Gasteiger partial charge is 0.243 e. The number of rotatable bonds is 8. The average Bonchev–Trinajstić information content (AvgIpc) is 3.42. The minimum absolute atomic E-state index is 0.243. The molecule has 1 aromatic carbocycles. The van der Waals surface area contributed by atoms with E-state index in [1.54, 1.807) is 35.8 Å². The van der Waals surface area contributed by atoms with Crippen LogP contribution in [0, 0.1) is 13.8 Å². The fourth-order valence-corrected chi connectivity index (χ4v) is 8.33. The summed E-state index contributed by atoms with van der Waals surface area (Å²) in [5.74, 6) is 1.82. The number of piperidine rings is 1. The van der Waals surface area contributed by atoms with E-state index in [1.165, 1.54) is 25.9 Å². The Morgan fingerprint density at radius 2 is 1.67 bits per heavy atom. The number of ether oxygens (including phenoxy) is 2. The summed E-state index contributed by atoms with van der Waals surface area (Å²) in [7, 11) is 0.117. The second-order valence-electron chi connectivity index (χ2n) is 11.1. The van der Waals surface area contributed by atoms with Crippen molar-refractivity contribution in [1.29, 1.82) is 0 Å². The van der Waals surface area contributed by atoms with E-state index in [9.17, 15) is 8.42 Å². The number of piperazine rings is 1. The number of likely N-dealkylation sites (tertiary alicyclic amines) is 1. The van der Waals surface area contributed by atoms with Crippen LogP contribution in [0.1, 0.15) is 36.8 Å². The predicted molar refractivity (Wildman–Crippen MR) is 151 cm³/mol. The number of nitrogens with zero attached hydrogens (tertiary/aromatic N) is 6. The first kappa shape index (κ1) is 28.1. The van der Waals surface area contributed by atoms with Gasteiger partial charge in [-0.15, -0.1) is 0 Å². The molecule has 3 saturated heterocycles. The quantitative estimate of drug-likeness (QED) is 0.485. The Bertz CT molecular complexity index is 1220. The van der Waals surface area contributed by atoms with Crippen molar-refractivity contribution in [2.45, 2.75) is 56.5 Å². The highest BCUT2D eigenvalue weighted by molar-refractivity contribution is 7.89. The van der Waals surface area contributed by atoms with Crippen LogP contribution >= 0.6 is 0 Å². The van der Waals surface area contributed by atoms with Crippen LogP contribution in [0.2, 0.25) is 0 Å². The number of hydrogen-bond donors (Lipinski definition) is 0. The van der Waals surface area contributed by atoms with Crippen molar-refractivity contribution >= 4 is 16.0 Å². The largest absolute Gasteiger partial charge is 0.497 e. The molecule has 0 amide bonds. The van der Waals surface area contributed by atoms with Crippen LogP contribution in [0.4, 0.5) is 5.95 Å². The van der Waals surface area contributed by atoms with E-state index in [0.717, 1.165) is 39.0 Å². The Balaban J connectivity index is 1.20. The van der Waals surface area contributed by atoms with Crippen molar-refractivity contribution in [3.8, 4) is 11.6 Å². The highest BCUT2D eigenvalue weighted by Crippen LogP contribution is 2.32. The molecule has 1 atom stereocenters. The van der Waals surface area contributed by atoms with E-state index >= 15 is 0 Å². The molecule has 5 rings (SSSR count). The molecule has 3 aliphatic heterocycles. The van der Waals surface area contributed by atoms with Gasteiger partial charge in [0.1, 0.15) is 12.4 Å². The van der Waals surface area contributed by atoms with Gasteiger partial charge in [-0.25, -0.2) is 13.4 Å². The molecule has 0 saturated carbocycles. The minimum Gasteiger partial charge on any atom is -0.497 e. The first-order valence-corrected chi connectivity index (χ1v) is 15.5. The predicted octanol–water partition coefficient (Wildman–Crippen LogP) is 2.55. The maximum atomic E-state index is 13.7. The summed E-state index contributed by atoms with van der Waals surface area (Å²) in [6.07, 6.45) is 5.76. The standard InChI is InChI=1S/C28H42N6O4S/c1-21-18-25(37-4)19-22(2)27(21)39(35,36)34-11-5-6-24(34)20-38-26-7-10-29-28(30-26)33-16-14-32(15-17-33)23-8-12-31(3)13-9-23/h7,10,18-19,23-24H,5-6,8-9,11-17,20H2,1-4H3/t24-/m0/s1. The first-order chi connectivity index (χ1) is 18.8. The molecule has 10 nitrogen and oxygen atoms in total. The number of aromatic nitrogens is 2. The summed E-state index contributed by atoms with van der Waals surface area (Å²) in [5, 5.41) is 0. The van der Waals surface area contributed by atoms with Crippen LogP contribution < -0.4 is 14.4 Å². The van der Waals surface area contributed by atoms with Gasteiger partial charge in [-0.2, -0.15) is 9.29 Å². The number of anilines is 1. The summed E-state index contributed by atoms with van der Waals surface area (Å²) in [4.78, 5) is 16.8. The van der Waals surface area contributed by atoms with Gasteiger partial charge in [0.2, 0.25) is 21.9 Å². The SMILES string of the molecule is COc1cc(C)c(S(=O)(=O)N2CCC[C@H]2COc2ccnc(N3CCN(C4CCN(C)CC4)CC3)n2)c(C)c1. The maximum Gasteiger partial charge on any atom is 0.243 e. The zero-order valence-electron chi connectivity index (χ0n) is 23.7. The van der Waals surface area contributed by atoms with Gasteiger partial charge in [0.15, 0.2) is 0 Å². The van der Waals surface area contributed by atoms with Gasteiger partial charge in [0.05, 0.1) is 18.0 Å². The third-order valence-corrected chi connectivity index (χ3v) is 10.7. The number of methoxy groups -OCH3 is 1. The third-order valence-electron chi connectivity index (χ3n) is 8.40. The molecule has 2 aromatic rings. The van der Waals surface area contributed by atoms with Crippen LogP contribution in [-0.4, -0.2) is 111 Å². The molecule has 1 aromatic heterocycles. The van der Waals surface area contributed by atoms with Crippen molar-refractivity contribution in [2.75, 3.05) is 71.5 Å². The lowest BCUT2D eigenvalue weighted by Crippen LogP contribution is -2.53. The molecule has 11 heteroatoms. The number of aryl methyl sites for hydroxylation is 2. The zero-order valence-corrected chi connectivity index (χ0v) is 24.5. The van der Waals surface area contributed by atoms with Crippen LogP contribution in [0.25, 0.3) is 0 Å². The molecular formula is C28H42N6O4S. The topological polar surface area (TPSA) is 91.3 Å². The van der Waals surface area contributed by atoms with E-state index in [0.29, 0.717) is 46.2 Å². The van der Waals surface area contributed by atoms with Crippen molar-refractivity contribution in [3.05, 3.63) is 35.5 Å². The first-order valence-electron chi connectivity index (χ1n) is 14.1. The van der Waals surface area contributed by atoms with E-state index in [-0.39, 0.29) is 12.6 Å². The van der Waals surface area contributed by atoms with Crippen molar-refractivity contribution in [1.82, 2.24) is 24.1 Å². The van der Waals surface area contributed by atoms with Gasteiger partial charge in [0, 0.05) is 51.0 Å². The molecular weight excluding hydrogens is 516 g/mol. The van der Waals surface area contributed by atoms with Crippen molar-refractivity contribution in [2.24, 2.45) is 0 Å². The van der Waals surface area contributed by atoms with Crippen LogP contribution in [-0.2, 0) is 10.0 Å². The summed E-state index contributed by atoms with van der Waals surface area (Å²) < 4.78 is 40.4. The molecule has 0 unspecified atom stereocenters. The van der Waals surface area contributed by atoms with Gasteiger partial charge in [0.25, 0.3) is 0 Å². The molecule has 214 valence electrons. The van der Waals surface area contributed by atoms with Crippen molar-refractivity contribution in [3.63, 3.8) is 0 Å².